The molecule has 2 unspecified atom stereocenters. The molecule has 0 aliphatic carbocycles. The van der Waals surface area contributed by atoms with Gasteiger partial charge in [0.25, 0.3) is 0 Å². The van der Waals surface area contributed by atoms with Gasteiger partial charge in [-0.25, -0.2) is 0 Å². The molecule has 24 heavy (non-hydrogen) atoms. The fourth-order valence-electron chi connectivity index (χ4n) is 3.97. The Labute approximate surface area is 143 Å². The van der Waals surface area contributed by atoms with Crippen LogP contribution in [0.15, 0.2) is 34.9 Å². The molecule has 0 radical (unpaired) electrons. The lowest BCUT2D eigenvalue weighted by atomic mass is 10.1. The summed E-state index contributed by atoms with van der Waals surface area (Å²) in [7, 11) is 0. The van der Waals surface area contributed by atoms with Gasteiger partial charge in [0.15, 0.2) is 5.82 Å². The van der Waals surface area contributed by atoms with E-state index in [1.165, 1.54) is 37.9 Å². The number of nitrogens with zero attached hydrogens (tertiary/aromatic N) is 4. The van der Waals surface area contributed by atoms with Crippen LogP contribution in [0, 0.1) is 0 Å². The Bertz CT molecular complexity index is 650. The van der Waals surface area contributed by atoms with Crippen LogP contribution in [0.2, 0.25) is 0 Å². The lowest BCUT2D eigenvalue weighted by Crippen LogP contribution is -2.36. The van der Waals surface area contributed by atoms with E-state index in [1.54, 1.807) is 0 Å². The number of aromatic nitrogens is 2. The predicted octanol–water partition coefficient (Wildman–Crippen LogP) is 2.89. The van der Waals surface area contributed by atoms with Crippen LogP contribution < -0.4 is 0 Å². The minimum Gasteiger partial charge on any atom is -0.338 e. The molecule has 2 fully saturated rings. The zero-order valence-electron chi connectivity index (χ0n) is 14.4. The standard InChI is InChI=1S/C19H26N4O/c1-15(23-12-9-17(14-23)22-10-5-6-11-22)19-20-18(21-24-19)13-16-7-3-2-4-8-16/h2-4,7-8,15,17H,5-6,9-14H2,1H3. The van der Waals surface area contributed by atoms with E-state index in [9.17, 15) is 0 Å². The van der Waals surface area contributed by atoms with Gasteiger partial charge in [-0.1, -0.05) is 35.5 Å². The van der Waals surface area contributed by atoms with Gasteiger partial charge in [-0.2, -0.15) is 4.98 Å². The molecule has 2 aliphatic heterocycles. The minimum absolute atomic E-state index is 0.203. The average Bonchev–Trinajstić information content (AvgIpc) is 3.36. The molecule has 2 saturated heterocycles. The Morgan fingerprint density at radius 3 is 2.75 bits per heavy atom. The SMILES string of the molecule is CC(c1nc(Cc2ccccc2)no1)N1CCC(N2CCCC2)C1. The van der Waals surface area contributed by atoms with Crippen LogP contribution in [0.5, 0.6) is 0 Å². The van der Waals surface area contributed by atoms with Gasteiger partial charge in [-0.05, 0) is 44.8 Å². The largest absolute Gasteiger partial charge is 0.338 e. The summed E-state index contributed by atoms with van der Waals surface area (Å²) < 4.78 is 5.56. The third kappa shape index (κ3) is 3.37. The lowest BCUT2D eigenvalue weighted by molar-refractivity contribution is 0.182. The van der Waals surface area contributed by atoms with Crippen molar-refractivity contribution in [1.29, 1.82) is 0 Å². The summed E-state index contributed by atoms with van der Waals surface area (Å²) in [4.78, 5) is 9.78. The Kier molecular flexibility index (Phi) is 4.63. The maximum atomic E-state index is 5.56. The number of rotatable bonds is 5. The van der Waals surface area contributed by atoms with Gasteiger partial charge in [0.2, 0.25) is 5.89 Å². The molecule has 0 bridgehead atoms. The third-order valence-corrected chi connectivity index (χ3v) is 5.45. The second-order valence-electron chi connectivity index (χ2n) is 7.07. The fourth-order valence-corrected chi connectivity index (χ4v) is 3.97. The molecular weight excluding hydrogens is 300 g/mol. The molecule has 0 N–H and O–H groups in total. The molecule has 5 heteroatoms. The zero-order valence-corrected chi connectivity index (χ0v) is 14.4. The smallest absolute Gasteiger partial charge is 0.243 e. The predicted molar refractivity (Wildman–Crippen MR) is 92.7 cm³/mol. The molecule has 3 heterocycles. The van der Waals surface area contributed by atoms with Crippen molar-refractivity contribution < 1.29 is 4.52 Å². The van der Waals surface area contributed by atoms with Gasteiger partial charge in [0, 0.05) is 25.6 Å². The summed E-state index contributed by atoms with van der Waals surface area (Å²) in [5, 5.41) is 4.18. The Balaban J connectivity index is 1.37. The monoisotopic (exact) mass is 326 g/mol. The molecule has 4 rings (SSSR count). The molecule has 1 aromatic carbocycles. The van der Waals surface area contributed by atoms with Crippen LogP contribution >= 0.6 is 0 Å². The van der Waals surface area contributed by atoms with E-state index in [0.717, 1.165) is 31.2 Å². The lowest BCUT2D eigenvalue weighted by Gasteiger charge is -2.25. The molecule has 0 amide bonds. The first-order valence-corrected chi connectivity index (χ1v) is 9.14. The van der Waals surface area contributed by atoms with Gasteiger partial charge < -0.3 is 4.52 Å². The first kappa shape index (κ1) is 15.8. The maximum absolute atomic E-state index is 5.56. The van der Waals surface area contributed by atoms with Gasteiger partial charge in [-0.15, -0.1) is 0 Å². The minimum atomic E-state index is 0.203. The van der Waals surface area contributed by atoms with Crippen molar-refractivity contribution in [3.63, 3.8) is 0 Å². The quantitative estimate of drug-likeness (QED) is 0.845. The molecule has 2 aromatic rings. The molecular formula is C19H26N4O. The summed E-state index contributed by atoms with van der Waals surface area (Å²) in [5.41, 5.74) is 1.22. The van der Waals surface area contributed by atoms with Crippen LogP contribution in [-0.4, -0.2) is 52.2 Å². The Hall–Kier alpha value is -1.72. The zero-order chi connectivity index (χ0) is 16.4. The van der Waals surface area contributed by atoms with E-state index in [0.29, 0.717) is 6.04 Å². The highest BCUT2D eigenvalue weighted by Gasteiger charge is 2.33. The second-order valence-corrected chi connectivity index (χ2v) is 7.07. The average molecular weight is 326 g/mol. The van der Waals surface area contributed by atoms with Crippen molar-refractivity contribution in [3.8, 4) is 0 Å². The summed E-state index contributed by atoms with van der Waals surface area (Å²) >= 11 is 0. The van der Waals surface area contributed by atoms with Crippen molar-refractivity contribution in [2.75, 3.05) is 26.2 Å². The van der Waals surface area contributed by atoms with Gasteiger partial charge in [0.1, 0.15) is 0 Å². The number of likely N-dealkylation sites (tertiary alicyclic amines) is 2. The molecule has 128 valence electrons. The van der Waals surface area contributed by atoms with E-state index in [-0.39, 0.29) is 6.04 Å². The maximum Gasteiger partial charge on any atom is 0.243 e. The first-order chi connectivity index (χ1) is 11.8. The Morgan fingerprint density at radius 2 is 1.96 bits per heavy atom. The van der Waals surface area contributed by atoms with Crippen LogP contribution in [0.25, 0.3) is 0 Å². The fraction of sp³-hybridized carbons (Fsp3) is 0.579. The first-order valence-electron chi connectivity index (χ1n) is 9.14. The third-order valence-electron chi connectivity index (χ3n) is 5.45. The molecule has 2 atom stereocenters. The number of hydrogen-bond donors (Lipinski definition) is 0. The molecule has 0 spiro atoms. The van der Waals surface area contributed by atoms with E-state index in [2.05, 4.69) is 39.0 Å². The highest BCUT2D eigenvalue weighted by atomic mass is 16.5. The van der Waals surface area contributed by atoms with E-state index < -0.39 is 0 Å². The number of hydrogen-bond acceptors (Lipinski definition) is 5. The van der Waals surface area contributed by atoms with Crippen molar-refractivity contribution in [2.45, 2.75) is 44.7 Å². The van der Waals surface area contributed by atoms with Crippen molar-refractivity contribution in [2.24, 2.45) is 0 Å². The van der Waals surface area contributed by atoms with Crippen molar-refractivity contribution in [1.82, 2.24) is 19.9 Å². The summed E-state index contributed by atoms with van der Waals surface area (Å²) in [6.45, 7) is 6.98. The van der Waals surface area contributed by atoms with Gasteiger partial charge >= 0.3 is 0 Å². The highest BCUT2D eigenvalue weighted by molar-refractivity contribution is 5.18. The highest BCUT2D eigenvalue weighted by Crippen LogP contribution is 2.27. The van der Waals surface area contributed by atoms with Crippen molar-refractivity contribution in [3.05, 3.63) is 47.6 Å². The van der Waals surface area contributed by atoms with E-state index >= 15 is 0 Å². The normalized spacial score (nSPS) is 23.8. The second kappa shape index (κ2) is 7.03. The van der Waals surface area contributed by atoms with Crippen LogP contribution in [-0.2, 0) is 6.42 Å². The van der Waals surface area contributed by atoms with Crippen molar-refractivity contribution >= 4 is 0 Å². The molecule has 5 nitrogen and oxygen atoms in total. The van der Waals surface area contributed by atoms with Crippen LogP contribution in [0.1, 0.15) is 49.5 Å². The van der Waals surface area contributed by atoms with E-state index in [1.807, 2.05) is 18.2 Å². The van der Waals surface area contributed by atoms with Crippen LogP contribution in [0.3, 0.4) is 0 Å². The van der Waals surface area contributed by atoms with E-state index in [4.69, 9.17) is 4.52 Å². The summed E-state index contributed by atoms with van der Waals surface area (Å²) in [5.74, 6) is 1.53. The molecule has 2 aliphatic rings. The van der Waals surface area contributed by atoms with Gasteiger partial charge in [-0.3, -0.25) is 9.80 Å². The molecule has 1 aromatic heterocycles. The number of benzene rings is 1. The summed E-state index contributed by atoms with van der Waals surface area (Å²) in [6.07, 6.45) is 4.71. The topological polar surface area (TPSA) is 45.4 Å². The summed E-state index contributed by atoms with van der Waals surface area (Å²) in [6, 6.07) is 11.2. The Morgan fingerprint density at radius 1 is 1.17 bits per heavy atom. The van der Waals surface area contributed by atoms with Crippen LogP contribution in [0.4, 0.5) is 0 Å². The van der Waals surface area contributed by atoms with Gasteiger partial charge in [0.05, 0.1) is 6.04 Å². The molecule has 0 saturated carbocycles.